The Hall–Kier alpha value is -1.87. The fourth-order valence-corrected chi connectivity index (χ4v) is 3.89. The number of H-pyrrole nitrogens is 1. The van der Waals surface area contributed by atoms with Gasteiger partial charge in [0.2, 0.25) is 0 Å². The first kappa shape index (κ1) is 12.8. The Labute approximate surface area is 124 Å². The lowest BCUT2D eigenvalue weighted by Gasteiger charge is -2.38. The predicted octanol–water partition coefficient (Wildman–Crippen LogP) is 3.43. The van der Waals surface area contributed by atoms with Gasteiger partial charge in [-0.15, -0.1) is 0 Å². The van der Waals surface area contributed by atoms with Gasteiger partial charge < -0.3 is 10.3 Å². The minimum atomic E-state index is 0.0988. The molecule has 3 nitrogen and oxygen atoms in total. The van der Waals surface area contributed by atoms with Crippen molar-refractivity contribution in [2.75, 3.05) is 6.54 Å². The third kappa shape index (κ3) is 1.88. The number of fused-ring (bicyclic) bond motifs is 4. The zero-order chi connectivity index (χ0) is 14.4. The molecule has 3 heteroatoms. The summed E-state index contributed by atoms with van der Waals surface area (Å²) >= 11 is 0. The molecular formula is C18H20N2O. The Bertz CT molecular complexity index is 741. The number of benzene rings is 1. The van der Waals surface area contributed by atoms with E-state index >= 15 is 0 Å². The van der Waals surface area contributed by atoms with E-state index in [1.165, 1.54) is 11.0 Å². The van der Waals surface area contributed by atoms with Crippen molar-refractivity contribution >= 4 is 16.7 Å². The number of aromatic amines is 1. The molecule has 1 aliphatic heterocycles. The van der Waals surface area contributed by atoms with Gasteiger partial charge in [0.1, 0.15) is 0 Å². The monoisotopic (exact) mass is 280 g/mol. The standard InChI is InChI=1S/C18H20N2O/c1-2-11-9-12-7-8-19-10-14-13-5-3-4-6-15(13)20-17(14)18(21)16(11)12/h2-6,12,16,19-20H,7-10H2,1H3/b11-2-. The third-order valence-electron chi connectivity index (χ3n) is 5.08. The first-order valence-electron chi connectivity index (χ1n) is 7.79. The van der Waals surface area contributed by atoms with E-state index in [4.69, 9.17) is 0 Å². The minimum absolute atomic E-state index is 0.0988. The number of rotatable bonds is 0. The van der Waals surface area contributed by atoms with Gasteiger partial charge in [-0.2, -0.15) is 0 Å². The Kier molecular flexibility index (Phi) is 2.96. The molecule has 108 valence electrons. The molecule has 0 amide bonds. The molecule has 0 saturated heterocycles. The van der Waals surface area contributed by atoms with E-state index in [9.17, 15) is 4.79 Å². The van der Waals surface area contributed by atoms with Crippen molar-refractivity contribution in [1.82, 2.24) is 10.3 Å². The van der Waals surface area contributed by atoms with Crippen LogP contribution in [0.15, 0.2) is 35.9 Å². The number of Topliss-reactive ketones (excluding diaryl/α,β-unsaturated/α-hetero) is 1. The van der Waals surface area contributed by atoms with Crippen LogP contribution in [0.3, 0.4) is 0 Å². The van der Waals surface area contributed by atoms with Crippen LogP contribution in [0.1, 0.15) is 35.8 Å². The van der Waals surface area contributed by atoms with Crippen LogP contribution in [-0.2, 0) is 6.54 Å². The average Bonchev–Trinajstić information content (AvgIpc) is 2.85. The number of hydrogen-bond acceptors (Lipinski definition) is 2. The Balaban J connectivity index is 1.86. The molecule has 2 aliphatic rings. The topological polar surface area (TPSA) is 44.9 Å². The lowest BCUT2D eigenvalue weighted by Crippen LogP contribution is -2.36. The summed E-state index contributed by atoms with van der Waals surface area (Å²) < 4.78 is 0. The van der Waals surface area contributed by atoms with Crippen molar-refractivity contribution in [3.8, 4) is 0 Å². The molecule has 2 atom stereocenters. The van der Waals surface area contributed by atoms with Gasteiger partial charge in [-0.05, 0) is 38.3 Å². The second kappa shape index (κ2) is 4.85. The molecule has 1 aromatic carbocycles. The Morgan fingerprint density at radius 2 is 2.14 bits per heavy atom. The van der Waals surface area contributed by atoms with Crippen LogP contribution in [0.25, 0.3) is 10.9 Å². The molecule has 0 bridgehead atoms. The van der Waals surface area contributed by atoms with Crippen molar-refractivity contribution in [3.05, 3.63) is 47.2 Å². The summed E-state index contributed by atoms with van der Waals surface area (Å²) in [5.41, 5.74) is 4.34. The maximum Gasteiger partial charge on any atom is 0.186 e. The fourth-order valence-electron chi connectivity index (χ4n) is 3.89. The van der Waals surface area contributed by atoms with Crippen LogP contribution in [0.2, 0.25) is 0 Å². The first-order valence-corrected chi connectivity index (χ1v) is 7.79. The SMILES string of the molecule is C/C=C1/CC2CCNCc3c([nH]c4ccccc34)C(=O)C12. The van der Waals surface area contributed by atoms with Gasteiger partial charge in [0, 0.05) is 28.9 Å². The summed E-state index contributed by atoms with van der Waals surface area (Å²) in [5, 5.41) is 4.68. The maximum absolute atomic E-state index is 13.0. The molecule has 2 unspecified atom stereocenters. The summed E-state index contributed by atoms with van der Waals surface area (Å²) in [5.74, 6) is 0.893. The molecule has 0 radical (unpaired) electrons. The number of nitrogens with one attached hydrogen (secondary N) is 2. The van der Waals surface area contributed by atoms with Gasteiger partial charge in [0.15, 0.2) is 5.78 Å². The highest BCUT2D eigenvalue weighted by Crippen LogP contribution is 2.44. The smallest absolute Gasteiger partial charge is 0.186 e. The molecular weight excluding hydrogens is 260 g/mol. The number of carbonyl (C=O) groups is 1. The second-order valence-electron chi connectivity index (χ2n) is 6.16. The molecule has 0 spiro atoms. The summed E-state index contributed by atoms with van der Waals surface area (Å²) in [4.78, 5) is 16.4. The van der Waals surface area contributed by atoms with Gasteiger partial charge in [0.05, 0.1) is 5.69 Å². The number of carbonyl (C=O) groups excluding carboxylic acids is 1. The maximum atomic E-state index is 13.0. The van der Waals surface area contributed by atoms with Crippen molar-refractivity contribution in [1.29, 1.82) is 0 Å². The van der Waals surface area contributed by atoms with Crippen LogP contribution < -0.4 is 5.32 Å². The zero-order valence-corrected chi connectivity index (χ0v) is 12.3. The molecule has 1 aromatic heterocycles. The number of para-hydroxylation sites is 1. The van der Waals surface area contributed by atoms with Crippen LogP contribution in [0.4, 0.5) is 0 Å². The Morgan fingerprint density at radius 3 is 3.00 bits per heavy atom. The van der Waals surface area contributed by atoms with Crippen LogP contribution in [0.5, 0.6) is 0 Å². The van der Waals surface area contributed by atoms with E-state index in [1.54, 1.807) is 0 Å². The molecule has 1 aliphatic carbocycles. The number of hydrogen-bond donors (Lipinski definition) is 2. The highest BCUT2D eigenvalue weighted by Gasteiger charge is 2.42. The quantitative estimate of drug-likeness (QED) is 0.726. The van der Waals surface area contributed by atoms with Crippen LogP contribution >= 0.6 is 0 Å². The molecule has 1 saturated carbocycles. The molecule has 4 rings (SSSR count). The highest BCUT2D eigenvalue weighted by molar-refractivity contribution is 6.05. The van der Waals surface area contributed by atoms with Gasteiger partial charge >= 0.3 is 0 Å². The minimum Gasteiger partial charge on any atom is -0.352 e. The van der Waals surface area contributed by atoms with Gasteiger partial charge in [-0.25, -0.2) is 0 Å². The summed E-state index contributed by atoms with van der Waals surface area (Å²) in [6.07, 6.45) is 4.31. The molecule has 2 N–H and O–H groups in total. The van der Waals surface area contributed by atoms with Crippen molar-refractivity contribution in [3.63, 3.8) is 0 Å². The number of aromatic nitrogens is 1. The number of allylic oxidation sites excluding steroid dienone is 2. The van der Waals surface area contributed by atoms with Gasteiger partial charge in [-0.1, -0.05) is 29.8 Å². The van der Waals surface area contributed by atoms with E-state index in [-0.39, 0.29) is 11.7 Å². The summed E-state index contributed by atoms with van der Waals surface area (Å²) in [7, 11) is 0. The summed E-state index contributed by atoms with van der Waals surface area (Å²) in [6, 6.07) is 8.21. The van der Waals surface area contributed by atoms with E-state index in [0.717, 1.165) is 42.7 Å². The van der Waals surface area contributed by atoms with Crippen LogP contribution in [-0.4, -0.2) is 17.3 Å². The largest absolute Gasteiger partial charge is 0.352 e. The highest BCUT2D eigenvalue weighted by atomic mass is 16.1. The molecule has 2 aromatic rings. The number of ketones is 1. The van der Waals surface area contributed by atoms with Crippen molar-refractivity contribution in [2.45, 2.75) is 26.3 Å². The van der Waals surface area contributed by atoms with Gasteiger partial charge in [0.25, 0.3) is 0 Å². The molecule has 1 fully saturated rings. The average molecular weight is 280 g/mol. The Morgan fingerprint density at radius 1 is 1.29 bits per heavy atom. The van der Waals surface area contributed by atoms with Crippen molar-refractivity contribution in [2.24, 2.45) is 11.8 Å². The lowest BCUT2D eigenvalue weighted by molar-refractivity contribution is 0.0836. The normalized spacial score (nSPS) is 27.5. The predicted molar refractivity (Wildman–Crippen MR) is 84.3 cm³/mol. The lowest BCUT2D eigenvalue weighted by atomic mass is 9.65. The molecule has 21 heavy (non-hydrogen) atoms. The fraction of sp³-hybridized carbons (Fsp3) is 0.389. The first-order chi connectivity index (χ1) is 10.3. The van der Waals surface area contributed by atoms with E-state index in [0.29, 0.717) is 5.92 Å². The zero-order valence-electron chi connectivity index (χ0n) is 12.3. The second-order valence-corrected chi connectivity index (χ2v) is 6.16. The van der Waals surface area contributed by atoms with E-state index < -0.39 is 0 Å². The third-order valence-corrected chi connectivity index (χ3v) is 5.08. The van der Waals surface area contributed by atoms with Crippen molar-refractivity contribution < 1.29 is 4.79 Å². The van der Waals surface area contributed by atoms with Crippen LogP contribution in [0, 0.1) is 11.8 Å². The van der Waals surface area contributed by atoms with Gasteiger partial charge in [-0.3, -0.25) is 4.79 Å². The summed E-state index contributed by atoms with van der Waals surface area (Å²) in [6.45, 7) is 3.82. The van der Waals surface area contributed by atoms with E-state index in [1.807, 2.05) is 12.1 Å². The molecule has 2 heterocycles. The van der Waals surface area contributed by atoms with E-state index in [2.05, 4.69) is 35.4 Å².